The molecule has 2 atom stereocenters. The van der Waals surface area contributed by atoms with Crippen LogP contribution in [0.2, 0.25) is 0 Å². The van der Waals surface area contributed by atoms with Crippen molar-refractivity contribution in [1.29, 1.82) is 5.26 Å². The monoisotopic (exact) mass is 263 g/mol. The first-order valence-electron chi connectivity index (χ1n) is 5.94. The minimum atomic E-state index is -0.755. The average molecular weight is 263 g/mol. The first-order chi connectivity index (χ1) is 8.88. The lowest BCUT2D eigenvalue weighted by molar-refractivity contribution is -0.384. The summed E-state index contributed by atoms with van der Waals surface area (Å²) >= 11 is 0. The molecule has 102 valence electrons. The molecule has 0 aromatic heterocycles. The lowest BCUT2D eigenvalue weighted by Crippen LogP contribution is -2.29. The van der Waals surface area contributed by atoms with E-state index in [1.54, 1.807) is 31.0 Å². The number of rotatable bonds is 5. The molecule has 0 radical (unpaired) electrons. The molecular formula is C13H17N3O3. The fraction of sp³-hybridized carbons (Fsp3) is 0.462. The number of anilines is 1. The van der Waals surface area contributed by atoms with Gasteiger partial charge in [0.1, 0.15) is 5.69 Å². The van der Waals surface area contributed by atoms with Crippen molar-refractivity contribution < 1.29 is 10.0 Å². The Morgan fingerprint density at radius 2 is 2.16 bits per heavy atom. The molecule has 0 spiro atoms. The highest BCUT2D eigenvalue weighted by Crippen LogP contribution is 2.31. The zero-order valence-corrected chi connectivity index (χ0v) is 11.2. The van der Waals surface area contributed by atoms with Crippen molar-refractivity contribution in [3.8, 4) is 6.07 Å². The van der Waals surface area contributed by atoms with Crippen LogP contribution in [0.25, 0.3) is 0 Å². The van der Waals surface area contributed by atoms with Crippen LogP contribution in [0, 0.1) is 21.4 Å². The minimum absolute atomic E-state index is 0.0642. The average Bonchev–Trinajstić information content (AvgIpc) is 2.37. The Morgan fingerprint density at radius 1 is 1.53 bits per heavy atom. The molecule has 0 heterocycles. The van der Waals surface area contributed by atoms with E-state index >= 15 is 0 Å². The Labute approximate surface area is 112 Å². The molecule has 0 aliphatic heterocycles. The van der Waals surface area contributed by atoms with Gasteiger partial charge in [-0.05, 0) is 25.5 Å². The van der Waals surface area contributed by atoms with E-state index in [2.05, 4.69) is 0 Å². The normalized spacial score (nSPS) is 13.4. The SMILES string of the molecule is CC(CC#N)N(C)c1ccc([C@@H](C)O)cc1[N+](=O)[O-]. The predicted molar refractivity (Wildman–Crippen MR) is 71.8 cm³/mol. The third-order valence-corrected chi connectivity index (χ3v) is 3.11. The van der Waals surface area contributed by atoms with Gasteiger partial charge in [0, 0.05) is 19.2 Å². The van der Waals surface area contributed by atoms with Crippen LogP contribution in [-0.4, -0.2) is 23.1 Å². The maximum atomic E-state index is 11.1. The van der Waals surface area contributed by atoms with Crippen molar-refractivity contribution in [2.24, 2.45) is 0 Å². The molecule has 6 heteroatoms. The first kappa shape index (κ1) is 14.9. The highest BCUT2D eigenvalue weighted by Gasteiger charge is 2.21. The molecule has 1 N–H and O–H groups in total. The molecular weight excluding hydrogens is 246 g/mol. The van der Waals surface area contributed by atoms with Crippen molar-refractivity contribution >= 4 is 11.4 Å². The van der Waals surface area contributed by atoms with E-state index in [1.807, 2.05) is 13.0 Å². The molecule has 1 aromatic rings. The van der Waals surface area contributed by atoms with Crippen LogP contribution in [0.3, 0.4) is 0 Å². The third-order valence-electron chi connectivity index (χ3n) is 3.11. The van der Waals surface area contributed by atoms with Crippen LogP contribution in [-0.2, 0) is 0 Å². The molecule has 1 rings (SSSR count). The molecule has 19 heavy (non-hydrogen) atoms. The molecule has 0 fully saturated rings. The van der Waals surface area contributed by atoms with E-state index in [-0.39, 0.29) is 18.2 Å². The topological polar surface area (TPSA) is 90.4 Å². The van der Waals surface area contributed by atoms with Gasteiger partial charge in [0.25, 0.3) is 5.69 Å². The van der Waals surface area contributed by atoms with Crippen LogP contribution in [0.1, 0.15) is 31.9 Å². The highest BCUT2D eigenvalue weighted by molar-refractivity contribution is 5.64. The van der Waals surface area contributed by atoms with E-state index in [4.69, 9.17) is 5.26 Å². The first-order valence-corrected chi connectivity index (χ1v) is 5.94. The van der Waals surface area contributed by atoms with Gasteiger partial charge in [0.15, 0.2) is 0 Å². The van der Waals surface area contributed by atoms with Gasteiger partial charge in [-0.2, -0.15) is 5.26 Å². The minimum Gasteiger partial charge on any atom is -0.389 e. The van der Waals surface area contributed by atoms with Gasteiger partial charge in [-0.15, -0.1) is 0 Å². The highest BCUT2D eigenvalue weighted by atomic mass is 16.6. The molecule has 0 saturated carbocycles. The summed E-state index contributed by atoms with van der Waals surface area (Å²) < 4.78 is 0. The predicted octanol–water partition coefficient (Wildman–Crippen LogP) is 2.39. The molecule has 1 unspecified atom stereocenters. The smallest absolute Gasteiger partial charge is 0.292 e. The summed E-state index contributed by atoms with van der Waals surface area (Å²) in [6.07, 6.45) is -0.471. The fourth-order valence-electron chi connectivity index (χ4n) is 1.75. The summed E-state index contributed by atoms with van der Waals surface area (Å²) in [6.45, 7) is 3.39. The Balaban J connectivity index is 3.20. The molecule has 0 saturated heterocycles. The van der Waals surface area contributed by atoms with Crippen molar-refractivity contribution in [2.45, 2.75) is 32.4 Å². The van der Waals surface area contributed by atoms with Crippen molar-refractivity contribution in [3.05, 3.63) is 33.9 Å². The van der Waals surface area contributed by atoms with Crippen LogP contribution in [0.4, 0.5) is 11.4 Å². The van der Waals surface area contributed by atoms with Gasteiger partial charge in [-0.1, -0.05) is 6.07 Å². The molecule has 6 nitrogen and oxygen atoms in total. The van der Waals surface area contributed by atoms with Gasteiger partial charge >= 0.3 is 0 Å². The van der Waals surface area contributed by atoms with E-state index in [9.17, 15) is 15.2 Å². The summed E-state index contributed by atoms with van der Waals surface area (Å²) in [5.41, 5.74) is 0.875. The Bertz CT molecular complexity index is 508. The van der Waals surface area contributed by atoms with Gasteiger partial charge in [0.05, 0.1) is 23.5 Å². The van der Waals surface area contributed by atoms with Gasteiger partial charge in [-0.25, -0.2) is 0 Å². The van der Waals surface area contributed by atoms with Gasteiger partial charge in [0.2, 0.25) is 0 Å². The number of hydrogen-bond donors (Lipinski definition) is 1. The third kappa shape index (κ3) is 3.42. The maximum Gasteiger partial charge on any atom is 0.292 e. The Kier molecular flexibility index (Phi) is 4.84. The van der Waals surface area contributed by atoms with E-state index in [1.165, 1.54) is 6.07 Å². The number of nitrogens with zero attached hydrogens (tertiary/aromatic N) is 3. The van der Waals surface area contributed by atoms with E-state index in [0.29, 0.717) is 11.3 Å². The number of benzene rings is 1. The zero-order valence-electron chi connectivity index (χ0n) is 11.2. The van der Waals surface area contributed by atoms with Gasteiger partial charge in [-0.3, -0.25) is 10.1 Å². The zero-order chi connectivity index (χ0) is 14.6. The van der Waals surface area contributed by atoms with Crippen LogP contribution < -0.4 is 4.90 Å². The molecule has 1 aromatic carbocycles. The number of nitriles is 1. The summed E-state index contributed by atoms with van der Waals surface area (Å²) in [5, 5.41) is 29.3. The maximum absolute atomic E-state index is 11.1. The van der Waals surface area contributed by atoms with Crippen molar-refractivity contribution in [3.63, 3.8) is 0 Å². The molecule has 0 aliphatic carbocycles. The van der Waals surface area contributed by atoms with E-state index < -0.39 is 11.0 Å². The second kappa shape index (κ2) is 6.16. The van der Waals surface area contributed by atoms with E-state index in [0.717, 1.165) is 0 Å². The fourth-order valence-corrected chi connectivity index (χ4v) is 1.75. The Morgan fingerprint density at radius 3 is 2.63 bits per heavy atom. The largest absolute Gasteiger partial charge is 0.389 e. The Hall–Kier alpha value is -2.13. The molecule has 0 amide bonds. The number of hydrogen-bond acceptors (Lipinski definition) is 5. The molecule has 0 aliphatic rings. The number of aliphatic hydroxyl groups excluding tert-OH is 1. The van der Waals surface area contributed by atoms with Crippen LogP contribution in [0.15, 0.2) is 18.2 Å². The van der Waals surface area contributed by atoms with Crippen LogP contribution >= 0.6 is 0 Å². The number of nitro groups is 1. The van der Waals surface area contributed by atoms with Crippen LogP contribution in [0.5, 0.6) is 0 Å². The summed E-state index contributed by atoms with van der Waals surface area (Å²) in [4.78, 5) is 12.3. The standard InChI is InChI=1S/C13H17N3O3/c1-9(6-7-14)15(3)12-5-4-11(10(2)17)8-13(12)16(18)19/h4-5,8-10,17H,6H2,1-3H3/t9?,10-/m1/s1. The summed E-state index contributed by atoms with van der Waals surface area (Å²) in [5.74, 6) is 0. The lowest BCUT2D eigenvalue weighted by Gasteiger charge is -2.25. The quantitative estimate of drug-likeness (QED) is 0.650. The second-order valence-electron chi connectivity index (χ2n) is 4.50. The van der Waals surface area contributed by atoms with Crippen molar-refractivity contribution in [2.75, 3.05) is 11.9 Å². The number of aliphatic hydroxyl groups is 1. The second-order valence-corrected chi connectivity index (χ2v) is 4.50. The molecule has 0 bridgehead atoms. The van der Waals surface area contributed by atoms with Gasteiger partial charge < -0.3 is 10.0 Å². The summed E-state index contributed by atoms with van der Waals surface area (Å²) in [7, 11) is 1.71. The van der Waals surface area contributed by atoms with Crippen molar-refractivity contribution in [1.82, 2.24) is 0 Å². The number of nitro benzene ring substituents is 1. The summed E-state index contributed by atoms with van der Waals surface area (Å²) in [6, 6.07) is 6.55. The lowest BCUT2D eigenvalue weighted by atomic mass is 10.1.